The van der Waals surface area contributed by atoms with E-state index in [1.807, 2.05) is 36.7 Å². The summed E-state index contributed by atoms with van der Waals surface area (Å²) in [5, 5.41) is 8.97. The summed E-state index contributed by atoms with van der Waals surface area (Å²) in [7, 11) is 1.63. The van der Waals surface area contributed by atoms with Gasteiger partial charge in [0, 0.05) is 5.56 Å². The van der Waals surface area contributed by atoms with Crippen LogP contribution in [-0.4, -0.2) is 29.0 Å². The Bertz CT molecular complexity index is 1080. The number of aromatic nitrogens is 2. The number of halogens is 2. The molecule has 29 heavy (non-hydrogen) atoms. The molecule has 0 radical (unpaired) electrons. The molecule has 0 aliphatic heterocycles. The second-order valence-corrected chi connectivity index (χ2v) is 7.59. The first-order valence-electron chi connectivity index (χ1n) is 8.85. The van der Waals surface area contributed by atoms with Gasteiger partial charge in [-0.1, -0.05) is 23.7 Å². The molecule has 0 unspecified atom stereocenters. The Balaban J connectivity index is 1.77. The Morgan fingerprint density at radius 1 is 1.31 bits per heavy atom. The van der Waals surface area contributed by atoms with Crippen molar-refractivity contribution in [3.63, 3.8) is 0 Å². The van der Waals surface area contributed by atoms with Crippen LogP contribution in [0, 0.1) is 13.8 Å². The number of hydrogen-bond acceptors (Lipinski definition) is 4. The van der Waals surface area contributed by atoms with Gasteiger partial charge in [0.2, 0.25) is 0 Å². The third-order valence-corrected chi connectivity index (χ3v) is 5.89. The molecule has 0 atom stereocenters. The second-order valence-electron chi connectivity index (χ2n) is 6.39. The fraction of sp³-hybridized carbons (Fsp3) is 0.190. The monoisotopic (exact) mass is 474 g/mol. The van der Waals surface area contributed by atoms with E-state index in [0.717, 1.165) is 32.7 Å². The molecule has 0 aliphatic carbocycles. The number of methoxy groups -OCH3 is 1. The number of benzene rings is 2. The summed E-state index contributed by atoms with van der Waals surface area (Å²) in [5.74, 6) is 0.388. The lowest BCUT2D eigenvalue weighted by molar-refractivity contribution is 0.0955. The number of carbonyl (C=O) groups is 1. The molecule has 8 heteroatoms. The largest absolute Gasteiger partial charge is 0.496 e. The highest BCUT2D eigenvalue weighted by molar-refractivity contribution is 9.10. The van der Waals surface area contributed by atoms with E-state index in [4.69, 9.17) is 16.3 Å². The van der Waals surface area contributed by atoms with Gasteiger partial charge >= 0.3 is 0 Å². The van der Waals surface area contributed by atoms with Gasteiger partial charge in [0.05, 0.1) is 46.3 Å². The van der Waals surface area contributed by atoms with Gasteiger partial charge in [0.25, 0.3) is 5.91 Å². The van der Waals surface area contributed by atoms with Crippen molar-refractivity contribution in [3.05, 3.63) is 80.0 Å². The van der Waals surface area contributed by atoms with Crippen molar-refractivity contribution in [1.82, 2.24) is 15.2 Å². The number of hydrazone groups is 1. The third kappa shape index (κ3) is 4.86. The molecule has 0 fully saturated rings. The van der Waals surface area contributed by atoms with Crippen LogP contribution in [0.1, 0.15) is 32.9 Å². The Kier molecular flexibility index (Phi) is 6.71. The molecule has 3 rings (SSSR count). The molecular formula is C21H20BrClN4O2. The van der Waals surface area contributed by atoms with E-state index in [-0.39, 0.29) is 5.91 Å². The summed E-state index contributed by atoms with van der Waals surface area (Å²) in [4.78, 5) is 12.2. The summed E-state index contributed by atoms with van der Waals surface area (Å²) in [6.07, 6.45) is 1.58. The predicted molar refractivity (Wildman–Crippen MR) is 118 cm³/mol. The van der Waals surface area contributed by atoms with Crippen molar-refractivity contribution in [2.75, 3.05) is 7.11 Å². The zero-order chi connectivity index (χ0) is 21.0. The Morgan fingerprint density at radius 2 is 2.07 bits per heavy atom. The van der Waals surface area contributed by atoms with Crippen LogP contribution in [-0.2, 0) is 6.54 Å². The topological polar surface area (TPSA) is 68.5 Å². The van der Waals surface area contributed by atoms with E-state index in [9.17, 15) is 4.79 Å². The van der Waals surface area contributed by atoms with Crippen LogP contribution in [0.4, 0.5) is 0 Å². The van der Waals surface area contributed by atoms with Crippen LogP contribution in [0.15, 0.2) is 52.0 Å². The molecule has 1 aromatic heterocycles. The molecule has 0 saturated heterocycles. The van der Waals surface area contributed by atoms with Gasteiger partial charge in [0.1, 0.15) is 5.75 Å². The quantitative estimate of drug-likeness (QED) is 0.414. The number of nitrogens with zero attached hydrogens (tertiary/aromatic N) is 3. The fourth-order valence-corrected chi connectivity index (χ4v) is 3.37. The number of hydrogen-bond donors (Lipinski definition) is 1. The maximum Gasteiger partial charge on any atom is 0.272 e. The Morgan fingerprint density at radius 3 is 2.72 bits per heavy atom. The van der Waals surface area contributed by atoms with Crippen molar-refractivity contribution in [1.29, 1.82) is 0 Å². The van der Waals surface area contributed by atoms with Crippen molar-refractivity contribution in [2.24, 2.45) is 5.10 Å². The lowest BCUT2D eigenvalue weighted by atomic mass is 10.1. The van der Waals surface area contributed by atoms with Crippen molar-refractivity contribution < 1.29 is 9.53 Å². The molecule has 1 heterocycles. The number of carbonyl (C=O) groups excluding carboxylic acids is 1. The van der Waals surface area contributed by atoms with E-state index in [1.165, 1.54) is 0 Å². The molecule has 150 valence electrons. The Hall–Kier alpha value is -2.64. The van der Waals surface area contributed by atoms with Crippen LogP contribution in [0.25, 0.3) is 0 Å². The highest BCUT2D eigenvalue weighted by Crippen LogP contribution is 2.24. The molecule has 0 bridgehead atoms. The first kappa shape index (κ1) is 21.1. The number of aryl methyl sites for hydroxylation is 1. The molecule has 2 aromatic carbocycles. The van der Waals surface area contributed by atoms with Gasteiger partial charge < -0.3 is 4.74 Å². The molecule has 0 saturated carbocycles. The van der Waals surface area contributed by atoms with Gasteiger partial charge in [-0.15, -0.1) is 0 Å². The van der Waals surface area contributed by atoms with E-state index in [1.54, 1.807) is 37.6 Å². The summed E-state index contributed by atoms with van der Waals surface area (Å²) >= 11 is 9.58. The predicted octanol–water partition coefficient (Wildman–Crippen LogP) is 4.74. The summed E-state index contributed by atoms with van der Waals surface area (Å²) in [6, 6.07) is 12.5. The average molecular weight is 476 g/mol. The first-order valence-corrected chi connectivity index (χ1v) is 10.0. The zero-order valence-electron chi connectivity index (χ0n) is 16.2. The minimum Gasteiger partial charge on any atom is -0.496 e. The van der Waals surface area contributed by atoms with Crippen LogP contribution in [0.5, 0.6) is 5.75 Å². The number of ether oxygens (including phenoxy) is 1. The van der Waals surface area contributed by atoms with E-state index < -0.39 is 0 Å². The summed E-state index contributed by atoms with van der Waals surface area (Å²) in [6.45, 7) is 4.51. The van der Waals surface area contributed by atoms with Crippen LogP contribution >= 0.6 is 27.5 Å². The number of nitrogens with one attached hydrogen (secondary N) is 1. The van der Waals surface area contributed by atoms with Gasteiger partial charge in [0.15, 0.2) is 0 Å². The standard InChI is InChI=1S/C21H20BrClN4O2/c1-13-20(22)14(2)27(26-13)12-16-10-15(8-9-19(16)29-3)11-24-25-21(28)17-6-4-5-7-18(17)23/h4-11H,12H2,1-3H3,(H,25,28)/b24-11+. The zero-order valence-corrected chi connectivity index (χ0v) is 18.6. The van der Waals surface area contributed by atoms with Crippen molar-refractivity contribution >= 4 is 39.7 Å². The van der Waals surface area contributed by atoms with Gasteiger partial charge in [-0.2, -0.15) is 10.2 Å². The van der Waals surface area contributed by atoms with E-state index >= 15 is 0 Å². The molecular weight excluding hydrogens is 456 g/mol. The van der Waals surface area contributed by atoms with Crippen LogP contribution < -0.4 is 10.2 Å². The van der Waals surface area contributed by atoms with E-state index in [0.29, 0.717) is 17.1 Å². The number of rotatable bonds is 6. The lowest BCUT2D eigenvalue weighted by Gasteiger charge is -2.11. The van der Waals surface area contributed by atoms with Crippen molar-refractivity contribution in [2.45, 2.75) is 20.4 Å². The van der Waals surface area contributed by atoms with Crippen LogP contribution in [0.3, 0.4) is 0 Å². The van der Waals surface area contributed by atoms with Gasteiger partial charge in [-0.25, -0.2) is 5.43 Å². The smallest absolute Gasteiger partial charge is 0.272 e. The molecule has 1 N–H and O–H groups in total. The molecule has 3 aromatic rings. The van der Waals surface area contributed by atoms with Gasteiger partial charge in [-0.3, -0.25) is 9.48 Å². The van der Waals surface area contributed by atoms with Crippen molar-refractivity contribution in [3.8, 4) is 5.75 Å². The minimum atomic E-state index is -0.368. The van der Waals surface area contributed by atoms with Gasteiger partial charge in [-0.05, 0) is 65.7 Å². The van der Waals surface area contributed by atoms with E-state index in [2.05, 4.69) is 31.6 Å². The molecule has 0 spiro atoms. The molecule has 6 nitrogen and oxygen atoms in total. The lowest BCUT2D eigenvalue weighted by Crippen LogP contribution is -2.18. The first-order chi connectivity index (χ1) is 13.9. The normalized spacial score (nSPS) is 11.1. The number of amides is 1. The second kappa shape index (κ2) is 9.24. The molecule has 0 aliphatic rings. The maximum absolute atomic E-state index is 12.2. The maximum atomic E-state index is 12.2. The SMILES string of the molecule is COc1ccc(/C=N/NC(=O)c2ccccc2Cl)cc1Cn1nc(C)c(Br)c1C. The third-order valence-electron chi connectivity index (χ3n) is 4.42. The van der Waals surface area contributed by atoms with Crippen LogP contribution in [0.2, 0.25) is 5.02 Å². The summed E-state index contributed by atoms with van der Waals surface area (Å²) < 4.78 is 8.39. The molecule has 1 amide bonds. The Labute approximate surface area is 182 Å². The summed E-state index contributed by atoms with van der Waals surface area (Å²) in [5.41, 5.74) is 6.61. The average Bonchev–Trinajstić information content (AvgIpc) is 2.95. The highest BCUT2D eigenvalue weighted by Gasteiger charge is 2.12. The fourth-order valence-electron chi connectivity index (χ4n) is 2.86. The minimum absolute atomic E-state index is 0.368. The highest BCUT2D eigenvalue weighted by atomic mass is 79.9.